The molecule has 0 bridgehead atoms. The molecule has 4 atom stereocenters. The lowest BCUT2D eigenvalue weighted by atomic mass is 9.78. The summed E-state index contributed by atoms with van der Waals surface area (Å²) in [6, 6.07) is 18.2. The molecule has 46 heavy (non-hydrogen) atoms. The van der Waals surface area contributed by atoms with Gasteiger partial charge in [0.25, 0.3) is 0 Å². The fourth-order valence-corrected chi connectivity index (χ4v) is 6.72. The number of anilines is 1. The van der Waals surface area contributed by atoms with Crippen LogP contribution in [0.1, 0.15) is 46.0 Å². The topological polar surface area (TPSA) is 93.6 Å². The Bertz CT molecular complexity index is 1910. The number of alkyl halides is 1. The van der Waals surface area contributed by atoms with E-state index in [0.717, 1.165) is 0 Å². The second kappa shape index (κ2) is 13.0. The van der Waals surface area contributed by atoms with Gasteiger partial charge in [-0.3, -0.25) is 19.3 Å². The molecule has 1 aliphatic carbocycles. The molecule has 1 aromatic heterocycles. The third-order valence-corrected chi connectivity index (χ3v) is 9.60. The minimum absolute atomic E-state index is 0.0139. The standard InChI is InChI=1S/C36H29Cl3N2O5/c1-19-4-3-5-26-31(19)35(44)41(34(26)43)24-12-8-21(9-13-24)29-18-27(25-14-15-28(39)20(2)32(25)40-29)36(45)46-30(16-17-37)33(42)22-6-10-23(38)11-7-22/h3-4,6-15,18-19,26,30-31H,5,16-17H2,1-2H3. The number of nitrogens with zero attached hydrogens (tertiary/aromatic N) is 2. The molecule has 4 unspecified atom stereocenters. The van der Waals surface area contributed by atoms with Crippen LogP contribution >= 0.6 is 34.8 Å². The largest absolute Gasteiger partial charge is 0.450 e. The van der Waals surface area contributed by atoms with E-state index >= 15 is 0 Å². The molecule has 1 aliphatic heterocycles. The van der Waals surface area contributed by atoms with Gasteiger partial charge in [0.2, 0.25) is 17.6 Å². The van der Waals surface area contributed by atoms with Crippen LogP contribution in [0.2, 0.25) is 10.0 Å². The third-order valence-electron chi connectivity index (χ3n) is 8.72. The van der Waals surface area contributed by atoms with Gasteiger partial charge in [-0.2, -0.15) is 0 Å². The van der Waals surface area contributed by atoms with Gasteiger partial charge >= 0.3 is 5.97 Å². The zero-order chi connectivity index (χ0) is 32.7. The Morgan fingerprint density at radius 2 is 1.72 bits per heavy atom. The van der Waals surface area contributed by atoms with E-state index in [1.165, 1.54) is 4.90 Å². The number of ketones is 1. The number of amides is 2. The van der Waals surface area contributed by atoms with Crippen molar-refractivity contribution < 1.29 is 23.9 Å². The van der Waals surface area contributed by atoms with E-state index in [4.69, 9.17) is 44.5 Å². The Kier molecular flexibility index (Phi) is 9.01. The Morgan fingerprint density at radius 1 is 1.00 bits per heavy atom. The predicted octanol–water partition coefficient (Wildman–Crippen LogP) is 8.26. The van der Waals surface area contributed by atoms with Gasteiger partial charge in [0.1, 0.15) is 0 Å². The number of fused-ring (bicyclic) bond motifs is 2. The molecule has 0 N–H and O–H groups in total. The number of esters is 1. The molecule has 6 rings (SSSR count). The molecule has 1 saturated heterocycles. The molecule has 1 fully saturated rings. The monoisotopic (exact) mass is 674 g/mol. The number of carbonyl (C=O) groups excluding carboxylic acids is 4. The Morgan fingerprint density at radius 3 is 2.39 bits per heavy atom. The Labute approximate surface area is 281 Å². The summed E-state index contributed by atoms with van der Waals surface area (Å²) in [5, 5.41) is 1.46. The van der Waals surface area contributed by atoms with Crippen LogP contribution in [0.4, 0.5) is 5.69 Å². The molecule has 4 aromatic rings. The van der Waals surface area contributed by atoms with E-state index in [2.05, 4.69) is 0 Å². The number of halogens is 3. The van der Waals surface area contributed by atoms with Crippen LogP contribution in [0.3, 0.4) is 0 Å². The first kappa shape index (κ1) is 31.9. The lowest BCUT2D eigenvalue weighted by Gasteiger charge is -2.22. The molecule has 2 amide bonds. The van der Waals surface area contributed by atoms with Gasteiger partial charge in [0.15, 0.2) is 6.10 Å². The van der Waals surface area contributed by atoms with Crippen LogP contribution in [0.15, 0.2) is 78.9 Å². The number of hydrogen-bond acceptors (Lipinski definition) is 6. The molecule has 0 saturated carbocycles. The number of imide groups is 1. The van der Waals surface area contributed by atoms with Gasteiger partial charge in [-0.15, -0.1) is 11.6 Å². The number of hydrogen-bond donors (Lipinski definition) is 0. The third kappa shape index (κ3) is 5.83. The summed E-state index contributed by atoms with van der Waals surface area (Å²) in [7, 11) is 0. The average Bonchev–Trinajstić information content (AvgIpc) is 3.32. The molecule has 2 aliphatic rings. The van der Waals surface area contributed by atoms with Gasteiger partial charge in [-0.1, -0.05) is 60.5 Å². The van der Waals surface area contributed by atoms with E-state index in [0.29, 0.717) is 55.4 Å². The summed E-state index contributed by atoms with van der Waals surface area (Å²) in [5.41, 5.74) is 3.26. The maximum atomic E-state index is 13.8. The van der Waals surface area contributed by atoms with Crippen LogP contribution in [0.5, 0.6) is 0 Å². The molecule has 3 aromatic carbocycles. The number of rotatable bonds is 8. The smallest absolute Gasteiger partial charge is 0.339 e. The molecular formula is C36H29Cl3N2O5. The number of aryl methyl sites for hydroxylation is 1. The van der Waals surface area contributed by atoms with Crippen molar-refractivity contribution in [2.45, 2.75) is 32.8 Å². The van der Waals surface area contributed by atoms with E-state index in [-0.39, 0.29) is 47.4 Å². The van der Waals surface area contributed by atoms with Crippen LogP contribution in [0.25, 0.3) is 22.2 Å². The number of pyridine rings is 1. The van der Waals surface area contributed by atoms with Crippen molar-refractivity contribution in [1.29, 1.82) is 0 Å². The van der Waals surface area contributed by atoms with E-state index in [9.17, 15) is 19.2 Å². The fraction of sp³-hybridized carbons (Fsp3) is 0.250. The zero-order valence-electron chi connectivity index (χ0n) is 25.0. The lowest BCUT2D eigenvalue weighted by Crippen LogP contribution is -2.31. The fourth-order valence-electron chi connectivity index (χ4n) is 6.24. The number of benzene rings is 3. The molecule has 10 heteroatoms. The highest BCUT2D eigenvalue weighted by atomic mass is 35.5. The first-order valence-electron chi connectivity index (χ1n) is 14.9. The van der Waals surface area contributed by atoms with Crippen LogP contribution in [-0.4, -0.2) is 40.5 Å². The minimum Gasteiger partial charge on any atom is -0.450 e. The second-order valence-electron chi connectivity index (χ2n) is 11.6. The van der Waals surface area contributed by atoms with Crippen molar-refractivity contribution in [3.8, 4) is 11.3 Å². The highest BCUT2D eigenvalue weighted by Crippen LogP contribution is 2.41. The summed E-state index contributed by atoms with van der Waals surface area (Å²) in [6.07, 6.45) is 3.50. The zero-order valence-corrected chi connectivity index (χ0v) is 27.3. The number of ether oxygens (including phenoxy) is 1. The highest BCUT2D eigenvalue weighted by molar-refractivity contribution is 6.32. The van der Waals surface area contributed by atoms with Crippen molar-refractivity contribution in [2.24, 2.45) is 17.8 Å². The summed E-state index contributed by atoms with van der Waals surface area (Å²) < 4.78 is 5.80. The number of aromatic nitrogens is 1. The summed E-state index contributed by atoms with van der Waals surface area (Å²) in [6.45, 7) is 3.76. The number of carbonyl (C=O) groups is 4. The first-order chi connectivity index (χ1) is 22.1. The Balaban J connectivity index is 1.34. The van der Waals surface area contributed by atoms with Crippen LogP contribution in [0, 0.1) is 24.7 Å². The SMILES string of the molecule is Cc1c(Cl)ccc2c(C(=O)OC(CCCl)C(=O)c3ccc(Cl)cc3)cc(-c3ccc(N4C(=O)C5CC=CC(C)C5C4=O)cc3)nc12. The van der Waals surface area contributed by atoms with E-state index in [1.54, 1.807) is 73.7 Å². The average molecular weight is 676 g/mol. The molecule has 234 valence electrons. The molecule has 7 nitrogen and oxygen atoms in total. The molecular weight excluding hydrogens is 647 g/mol. The second-order valence-corrected chi connectivity index (χ2v) is 12.8. The van der Waals surface area contributed by atoms with Gasteiger partial charge in [0, 0.05) is 38.9 Å². The van der Waals surface area contributed by atoms with E-state index < -0.39 is 17.9 Å². The van der Waals surface area contributed by atoms with Gasteiger partial charge in [0.05, 0.1) is 34.3 Å². The summed E-state index contributed by atoms with van der Waals surface area (Å²) >= 11 is 18.4. The van der Waals surface area contributed by atoms with Crippen molar-refractivity contribution in [2.75, 3.05) is 10.8 Å². The van der Waals surface area contributed by atoms with Crippen molar-refractivity contribution >= 4 is 75.0 Å². The predicted molar refractivity (Wildman–Crippen MR) is 180 cm³/mol. The minimum atomic E-state index is -1.12. The maximum Gasteiger partial charge on any atom is 0.339 e. The highest BCUT2D eigenvalue weighted by Gasteiger charge is 2.50. The Hall–Kier alpha value is -4.04. The van der Waals surface area contributed by atoms with Crippen LogP contribution in [-0.2, 0) is 14.3 Å². The number of Topliss-reactive ketones (excluding diaryl/α,β-unsaturated/α-hetero) is 1. The molecule has 2 heterocycles. The van der Waals surface area contributed by atoms with E-state index in [1.807, 2.05) is 19.1 Å². The van der Waals surface area contributed by atoms with Crippen LogP contribution < -0.4 is 4.90 Å². The van der Waals surface area contributed by atoms with Crippen molar-refractivity contribution in [3.05, 3.63) is 106 Å². The van der Waals surface area contributed by atoms with Crippen molar-refractivity contribution in [1.82, 2.24) is 4.98 Å². The molecule has 0 radical (unpaired) electrons. The molecule has 0 spiro atoms. The summed E-state index contributed by atoms with van der Waals surface area (Å²) in [5.74, 6) is -2.14. The van der Waals surface area contributed by atoms with Gasteiger partial charge in [-0.05, 0) is 73.4 Å². The summed E-state index contributed by atoms with van der Waals surface area (Å²) in [4.78, 5) is 59.7. The first-order valence-corrected chi connectivity index (χ1v) is 16.2. The normalized spacial score (nSPS) is 19.8. The number of allylic oxidation sites excluding steroid dienone is 2. The van der Waals surface area contributed by atoms with Gasteiger partial charge < -0.3 is 4.74 Å². The lowest BCUT2D eigenvalue weighted by molar-refractivity contribution is -0.122. The van der Waals surface area contributed by atoms with Gasteiger partial charge in [-0.25, -0.2) is 9.78 Å². The maximum absolute atomic E-state index is 13.8. The van der Waals surface area contributed by atoms with Crippen molar-refractivity contribution in [3.63, 3.8) is 0 Å². The quantitative estimate of drug-likeness (QED) is 0.0614.